The van der Waals surface area contributed by atoms with E-state index in [-0.39, 0.29) is 0 Å². The first-order valence-electron chi connectivity index (χ1n) is 7.96. The molecule has 0 aliphatic heterocycles. The number of pyridine rings is 1. The van der Waals surface area contributed by atoms with Crippen molar-refractivity contribution in [3.05, 3.63) is 65.0 Å². The number of hydrogen-bond donors (Lipinski definition) is 1. The third-order valence-corrected chi connectivity index (χ3v) is 3.90. The van der Waals surface area contributed by atoms with Crippen molar-refractivity contribution in [2.45, 2.75) is 46.1 Å². The van der Waals surface area contributed by atoms with E-state index in [1.165, 1.54) is 22.3 Å². The quantitative estimate of drug-likeness (QED) is 0.821. The molecule has 2 aromatic rings. The fourth-order valence-electron chi connectivity index (χ4n) is 2.64. The topological polar surface area (TPSA) is 24.9 Å². The van der Waals surface area contributed by atoms with Crippen LogP contribution >= 0.6 is 0 Å². The molecule has 0 saturated heterocycles. The molecule has 0 saturated carbocycles. The Hall–Kier alpha value is -1.67. The Bertz CT molecular complexity index is 546. The third-order valence-electron chi connectivity index (χ3n) is 3.90. The lowest BCUT2D eigenvalue weighted by molar-refractivity contribution is 0.525. The Morgan fingerprint density at radius 1 is 1.10 bits per heavy atom. The van der Waals surface area contributed by atoms with E-state index >= 15 is 0 Å². The van der Waals surface area contributed by atoms with Crippen LogP contribution in [0.5, 0.6) is 0 Å². The second kappa shape index (κ2) is 7.94. The van der Waals surface area contributed by atoms with Gasteiger partial charge in [-0.2, -0.15) is 0 Å². The minimum atomic E-state index is 0.366. The molecule has 0 spiro atoms. The van der Waals surface area contributed by atoms with Crippen LogP contribution in [0.2, 0.25) is 0 Å². The van der Waals surface area contributed by atoms with Gasteiger partial charge in [-0.1, -0.05) is 43.7 Å². The fourth-order valence-corrected chi connectivity index (χ4v) is 2.64. The van der Waals surface area contributed by atoms with E-state index in [9.17, 15) is 0 Å². The average Bonchev–Trinajstić information content (AvgIpc) is 2.53. The summed E-state index contributed by atoms with van der Waals surface area (Å²) in [5.41, 5.74) is 5.43. The first-order chi connectivity index (χ1) is 10.2. The molecular weight excluding hydrogens is 256 g/mol. The van der Waals surface area contributed by atoms with Crippen LogP contribution in [0.3, 0.4) is 0 Å². The molecule has 1 heterocycles. The van der Waals surface area contributed by atoms with E-state index in [1.807, 2.05) is 12.4 Å². The van der Waals surface area contributed by atoms with Crippen molar-refractivity contribution < 1.29 is 0 Å². The largest absolute Gasteiger partial charge is 0.310 e. The first-order valence-corrected chi connectivity index (χ1v) is 7.96. The van der Waals surface area contributed by atoms with Crippen LogP contribution in [0, 0.1) is 6.92 Å². The minimum absolute atomic E-state index is 0.366. The molecule has 21 heavy (non-hydrogen) atoms. The molecule has 1 unspecified atom stereocenters. The standard InChI is InChI=1S/C19H26N2/c1-4-11-21-19(13-16-8-6-15(3)7-9-16)18-10-12-20-14-17(18)5-2/h6-10,12,14,19,21H,4-5,11,13H2,1-3H3. The summed E-state index contributed by atoms with van der Waals surface area (Å²) in [5, 5.41) is 3.70. The Labute approximate surface area is 128 Å². The highest BCUT2D eigenvalue weighted by molar-refractivity contribution is 5.30. The predicted octanol–water partition coefficient (Wildman–Crippen LogP) is 4.24. The molecule has 0 radical (unpaired) electrons. The molecule has 0 aliphatic rings. The Balaban J connectivity index is 2.23. The van der Waals surface area contributed by atoms with Gasteiger partial charge < -0.3 is 5.32 Å². The molecule has 1 N–H and O–H groups in total. The molecule has 0 fully saturated rings. The SMILES string of the molecule is CCCNC(Cc1ccc(C)cc1)c1ccncc1CC. The monoisotopic (exact) mass is 282 g/mol. The number of hydrogen-bond acceptors (Lipinski definition) is 2. The maximum atomic E-state index is 4.27. The Kier molecular flexibility index (Phi) is 5.94. The van der Waals surface area contributed by atoms with Gasteiger partial charge in [0.05, 0.1) is 0 Å². The zero-order valence-electron chi connectivity index (χ0n) is 13.4. The zero-order chi connectivity index (χ0) is 15.1. The molecule has 1 aromatic heterocycles. The Morgan fingerprint density at radius 2 is 1.86 bits per heavy atom. The van der Waals surface area contributed by atoms with Crippen molar-refractivity contribution in [2.24, 2.45) is 0 Å². The molecular formula is C19H26N2. The average molecular weight is 282 g/mol. The molecule has 0 bridgehead atoms. The lowest BCUT2D eigenvalue weighted by atomic mass is 9.94. The molecule has 1 aromatic carbocycles. The molecule has 1 atom stereocenters. The molecule has 112 valence electrons. The maximum Gasteiger partial charge on any atom is 0.0364 e. The van der Waals surface area contributed by atoms with E-state index in [0.29, 0.717) is 6.04 Å². The third kappa shape index (κ3) is 4.40. The summed E-state index contributed by atoms with van der Waals surface area (Å²) < 4.78 is 0. The van der Waals surface area contributed by atoms with Crippen LogP contribution in [0.15, 0.2) is 42.7 Å². The molecule has 0 aliphatic carbocycles. The van der Waals surface area contributed by atoms with E-state index < -0.39 is 0 Å². The summed E-state index contributed by atoms with van der Waals surface area (Å²) in [6, 6.07) is 11.4. The van der Waals surface area contributed by atoms with Gasteiger partial charge in [-0.15, -0.1) is 0 Å². The van der Waals surface area contributed by atoms with Crippen molar-refractivity contribution >= 4 is 0 Å². The summed E-state index contributed by atoms with van der Waals surface area (Å²) in [7, 11) is 0. The molecule has 2 heteroatoms. The van der Waals surface area contributed by atoms with Crippen molar-refractivity contribution in [3.8, 4) is 0 Å². The van der Waals surface area contributed by atoms with E-state index in [2.05, 4.69) is 61.4 Å². The van der Waals surface area contributed by atoms with Gasteiger partial charge in [-0.05, 0) is 55.5 Å². The predicted molar refractivity (Wildman–Crippen MR) is 89.5 cm³/mol. The minimum Gasteiger partial charge on any atom is -0.310 e. The number of rotatable bonds is 7. The van der Waals surface area contributed by atoms with Gasteiger partial charge in [0.1, 0.15) is 0 Å². The summed E-state index contributed by atoms with van der Waals surface area (Å²) in [6.45, 7) is 7.59. The van der Waals surface area contributed by atoms with Crippen LogP contribution in [-0.2, 0) is 12.8 Å². The van der Waals surface area contributed by atoms with Crippen LogP contribution in [-0.4, -0.2) is 11.5 Å². The van der Waals surface area contributed by atoms with Gasteiger partial charge in [0.15, 0.2) is 0 Å². The highest BCUT2D eigenvalue weighted by atomic mass is 14.9. The van der Waals surface area contributed by atoms with E-state index in [4.69, 9.17) is 0 Å². The summed E-state index contributed by atoms with van der Waals surface area (Å²) in [6.07, 6.45) is 7.12. The second-order valence-electron chi connectivity index (χ2n) is 5.62. The van der Waals surface area contributed by atoms with Gasteiger partial charge in [0, 0.05) is 18.4 Å². The van der Waals surface area contributed by atoms with Crippen molar-refractivity contribution in [3.63, 3.8) is 0 Å². The van der Waals surface area contributed by atoms with Gasteiger partial charge in [0.2, 0.25) is 0 Å². The Morgan fingerprint density at radius 3 is 2.52 bits per heavy atom. The lowest BCUT2D eigenvalue weighted by Crippen LogP contribution is -2.25. The number of nitrogens with zero attached hydrogens (tertiary/aromatic N) is 1. The molecule has 2 rings (SSSR count). The highest BCUT2D eigenvalue weighted by Gasteiger charge is 2.14. The first kappa shape index (κ1) is 15.7. The summed E-state index contributed by atoms with van der Waals surface area (Å²) >= 11 is 0. The second-order valence-corrected chi connectivity index (χ2v) is 5.62. The van der Waals surface area contributed by atoms with Crippen LogP contribution in [0.25, 0.3) is 0 Å². The van der Waals surface area contributed by atoms with Crippen molar-refractivity contribution in [1.82, 2.24) is 10.3 Å². The number of aryl methyl sites for hydroxylation is 2. The summed E-state index contributed by atoms with van der Waals surface area (Å²) in [5.74, 6) is 0. The van der Waals surface area contributed by atoms with Crippen molar-refractivity contribution in [1.29, 1.82) is 0 Å². The number of benzene rings is 1. The van der Waals surface area contributed by atoms with Gasteiger partial charge in [-0.25, -0.2) is 0 Å². The molecule has 0 amide bonds. The van der Waals surface area contributed by atoms with Crippen LogP contribution in [0.4, 0.5) is 0 Å². The molecule has 2 nitrogen and oxygen atoms in total. The normalized spacial score (nSPS) is 12.3. The van der Waals surface area contributed by atoms with Crippen molar-refractivity contribution in [2.75, 3.05) is 6.54 Å². The van der Waals surface area contributed by atoms with E-state index in [1.54, 1.807) is 0 Å². The van der Waals surface area contributed by atoms with Crippen LogP contribution in [0.1, 0.15) is 48.6 Å². The summed E-state index contributed by atoms with van der Waals surface area (Å²) in [4.78, 5) is 4.27. The number of aromatic nitrogens is 1. The van der Waals surface area contributed by atoms with Gasteiger partial charge in [-0.3, -0.25) is 4.98 Å². The highest BCUT2D eigenvalue weighted by Crippen LogP contribution is 2.22. The van der Waals surface area contributed by atoms with Gasteiger partial charge >= 0.3 is 0 Å². The lowest BCUT2D eigenvalue weighted by Gasteiger charge is -2.21. The maximum absolute atomic E-state index is 4.27. The smallest absolute Gasteiger partial charge is 0.0364 e. The van der Waals surface area contributed by atoms with Gasteiger partial charge in [0.25, 0.3) is 0 Å². The zero-order valence-corrected chi connectivity index (χ0v) is 13.4. The van der Waals surface area contributed by atoms with E-state index in [0.717, 1.165) is 25.8 Å². The fraction of sp³-hybridized carbons (Fsp3) is 0.421. The van der Waals surface area contributed by atoms with Crippen LogP contribution < -0.4 is 5.32 Å². The number of nitrogens with one attached hydrogen (secondary N) is 1.